The number of aromatic amines is 1. The van der Waals surface area contributed by atoms with E-state index in [-0.39, 0.29) is 18.1 Å². The summed E-state index contributed by atoms with van der Waals surface area (Å²) >= 11 is 0. The molecule has 0 unspecified atom stereocenters. The highest BCUT2D eigenvalue weighted by Gasteiger charge is 2.11. The highest BCUT2D eigenvalue weighted by molar-refractivity contribution is 5.89. The first kappa shape index (κ1) is 12.6. The number of benzene rings is 1. The molecule has 0 atom stereocenters. The van der Waals surface area contributed by atoms with E-state index in [9.17, 15) is 9.18 Å². The van der Waals surface area contributed by atoms with E-state index in [2.05, 4.69) is 10.3 Å². The summed E-state index contributed by atoms with van der Waals surface area (Å²) in [5.74, 6) is 0.0434. The van der Waals surface area contributed by atoms with Gasteiger partial charge in [0.15, 0.2) is 0 Å². The molecular formula is C14H17FN2O. The predicted molar refractivity (Wildman–Crippen MR) is 69.8 cm³/mol. The fraction of sp³-hybridized carbons (Fsp3) is 0.357. The van der Waals surface area contributed by atoms with Crippen molar-refractivity contribution in [2.45, 2.75) is 20.3 Å². The van der Waals surface area contributed by atoms with Crippen LogP contribution in [-0.4, -0.2) is 17.4 Å². The van der Waals surface area contributed by atoms with Gasteiger partial charge in [0.1, 0.15) is 5.82 Å². The summed E-state index contributed by atoms with van der Waals surface area (Å²) in [6, 6.07) is 4.86. The first-order chi connectivity index (χ1) is 8.58. The van der Waals surface area contributed by atoms with E-state index in [0.717, 1.165) is 5.52 Å². The number of carbonyl (C=O) groups is 1. The number of amides is 1. The molecule has 18 heavy (non-hydrogen) atoms. The highest BCUT2D eigenvalue weighted by atomic mass is 19.1. The number of hydrogen-bond acceptors (Lipinski definition) is 1. The molecule has 2 aromatic rings. The van der Waals surface area contributed by atoms with E-state index in [1.807, 2.05) is 13.8 Å². The van der Waals surface area contributed by atoms with E-state index < -0.39 is 0 Å². The lowest BCUT2D eigenvalue weighted by atomic mass is 10.1. The molecule has 2 rings (SSSR count). The molecule has 0 spiro atoms. The van der Waals surface area contributed by atoms with Gasteiger partial charge < -0.3 is 10.3 Å². The van der Waals surface area contributed by atoms with Gasteiger partial charge in [-0.2, -0.15) is 0 Å². The van der Waals surface area contributed by atoms with Gasteiger partial charge in [0.05, 0.1) is 6.42 Å². The van der Waals surface area contributed by atoms with Crippen LogP contribution in [0.4, 0.5) is 4.39 Å². The average molecular weight is 248 g/mol. The summed E-state index contributed by atoms with van der Waals surface area (Å²) in [6.45, 7) is 4.71. The predicted octanol–water partition coefficient (Wildman–Crippen LogP) is 2.62. The minimum atomic E-state index is -0.291. The van der Waals surface area contributed by atoms with Crippen molar-refractivity contribution in [1.82, 2.24) is 10.3 Å². The second kappa shape index (κ2) is 5.21. The normalized spacial score (nSPS) is 11.1. The fourth-order valence-electron chi connectivity index (χ4n) is 1.90. The Morgan fingerprint density at radius 3 is 2.94 bits per heavy atom. The van der Waals surface area contributed by atoms with Crippen molar-refractivity contribution in [2.24, 2.45) is 5.92 Å². The van der Waals surface area contributed by atoms with Crippen LogP contribution in [0, 0.1) is 11.7 Å². The minimum absolute atomic E-state index is 0.0761. The molecule has 0 saturated heterocycles. The van der Waals surface area contributed by atoms with Crippen LogP contribution in [0.2, 0.25) is 0 Å². The van der Waals surface area contributed by atoms with Crippen molar-refractivity contribution >= 4 is 16.8 Å². The molecule has 0 saturated carbocycles. The van der Waals surface area contributed by atoms with Crippen LogP contribution in [0.25, 0.3) is 10.9 Å². The molecule has 1 aromatic carbocycles. The number of halogens is 1. The lowest BCUT2D eigenvalue weighted by molar-refractivity contribution is -0.120. The van der Waals surface area contributed by atoms with E-state index in [1.54, 1.807) is 18.3 Å². The molecule has 4 heteroatoms. The lowest BCUT2D eigenvalue weighted by Crippen LogP contribution is -2.28. The van der Waals surface area contributed by atoms with E-state index in [1.165, 1.54) is 6.07 Å². The third-order valence-corrected chi connectivity index (χ3v) is 2.80. The Balaban J connectivity index is 2.15. The summed E-state index contributed by atoms with van der Waals surface area (Å²) in [5.41, 5.74) is 1.42. The smallest absolute Gasteiger partial charge is 0.224 e. The number of rotatable bonds is 4. The van der Waals surface area contributed by atoms with E-state index >= 15 is 0 Å². The van der Waals surface area contributed by atoms with Crippen LogP contribution in [-0.2, 0) is 11.2 Å². The molecule has 1 amide bonds. The average Bonchev–Trinajstić information content (AvgIpc) is 2.71. The van der Waals surface area contributed by atoms with Crippen molar-refractivity contribution < 1.29 is 9.18 Å². The van der Waals surface area contributed by atoms with Gasteiger partial charge in [0.25, 0.3) is 0 Å². The zero-order valence-corrected chi connectivity index (χ0v) is 10.6. The summed E-state index contributed by atoms with van der Waals surface area (Å²) in [4.78, 5) is 14.7. The number of H-pyrrole nitrogens is 1. The molecule has 0 aliphatic heterocycles. The van der Waals surface area contributed by atoms with Gasteiger partial charge in [-0.25, -0.2) is 4.39 Å². The third-order valence-electron chi connectivity index (χ3n) is 2.80. The molecule has 0 aliphatic carbocycles. The largest absolute Gasteiger partial charge is 0.361 e. The molecule has 0 fully saturated rings. The minimum Gasteiger partial charge on any atom is -0.361 e. The van der Waals surface area contributed by atoms with Gasteiger partial charge in [0, 0.05) is 23.6 Å². The fourth-order valence-corrected chi connectivity index (χ4v) is 1.90. The summed E-state index contributed by atoms with van der Waals surface area (Å²) in [7, 11) is 0. The van der Waals surface area contributed by atoms with Gasteiger partial charge in [-0.3, -0.25) is 4.79 Å². The van der Waals surface area contributed by atoms with Crippen LogP contribution in [0.15, 0.2) is 24.4 Å². The molecular weight excluding hydrogens is 231 g/mol. The Labute approximate surface area is 105 Å². The topological polar surface area (TPSA) is 44.9 Å². The summed E-state index contributed by atoms with van der Waals surface area (Å²) < 4.78 is 13.7. The van der Waals surface area contributed by atoms with Crippen LogP contribution >= 0.6 is 0 Å². The van der Waals surface area contributed by atoms with Gasteiger partial charge in [-0.15, -0.1) is 0 Å². The molecule has 96 valence electrons. The quantitative estimate of drug-likeness (QED) is 0.858. The first-order valence-corrected chi connectivity index (χ1v) is 6.09. The van der Waals surface area contributed by atoms with Gasteiger partial charge in [-0.05, 0) is 23.6 Å². The Morgan fingerprint density at radius 1 is 1.44 bits per heavy atom. The van der Waals surface area contributed by atoms with Crippen molar-refractivity contribution in [1.29, 1.82) is 0 Å². The van der Waals surface area contributed by atoms with Crippen LogP contribution < -0.4 is 5.32 Å². The highest BCUT2D eigenvalue weighted by Crippen LogP contribution is 2.21. The maximum Gasteiger partial charge on any atom is 0.224 e. The van der Waals surface area contributed by atoms with Crippen LogP contribution in [0.5, 0.6) is 0 Å². The standard InChI is InChI=1S/C14H17FN2O/c1-9(2)7-17-13(18)6-10-8-16-12-5-3-4-11(15)14(10)12/h3-5,8-9,16H,6-7H2,1-2H3,(H,17,18). The molecule has 0 aliphatic rings. The summed E-state index contributed by atoms with van der Waals surface area (Å²) in [5, 5.41) is 3.34. The van der Waals surface area contributed by atoms with Gasteiger partial charge in [-0.1, -0.05) is 19.9 Å². The van der Waals surface area contributed by atoms with Crippen molar-refractivity contribution in [3.63, 3.8) is 0 Å². The second-order valence-electron chi connectivity index (χ2n) is 4.85. The zero-order valence-electron chi connectivity index (χ0n) is 10.6. The molecule has 1 heterocycles. The SMILES string of the molecule is CC(C)CNC(=O)Cc1c[nH]c2cccc(F)c12. The Hall–Kier alpha value is -1.84. The maximum atomic E-state index is 13.7. The number of carbonyl (C=O) groups excluding carboxylic acids is 1. The van der Waals surface area contributed by atoms with Gasteiger partial charge >= 0.3 is 0 Å². The van der Waals surface area contributed by atoms with Gasteiger partial charge in [0.2, 0.25) is 5.91 Å². The molecule has 1 aromatic heterocycles. The van der Waals surface area contributed by atoms with E-state index in [0.29, 0.717) is 23.4 Å². The number of nitrogens with one attached hydrogen (secondary N) is 2. The van der Waals surface area contributed by atoms with Crippen LogP contribution in [0.1, 0.15) is 19.4 Å². The van der Waals surface area contributed by atoms with Crippen molar-refractivity contribution in [3.8, 4) is 0 Å². The van der Waals surface area contributed by atoms with Crippen molar-refractivity contribution in [2.75, 3.05) is 6.54 Å². The molecule has 2 N–H and O–H groups in total. The Bertz CT molecular complexity index is 560. The third kappa shape index (κ3) is 2.70. The van der Waals surface area contributed by atoms with Crippen LogP contribution in [0.3, 0.4) is 0 Å². The molecule has 3 nitrogen and oxygen atoms in total. The zero-order chi connectivity index (χ0) is 13.1. The maximum absolute atomic E-state index is 13.7. The van der Waals surface area contributed by atoms with Crippen molar-refractivity contribution in [3.05, 3.63) is 35.8 Å². The first-order valence-electron chi connectivity index (χ1n) is 6.09. The number of hydrogen-bond donors (Lipinski definition) is 2. The number of fused-ring (bicyclic) bond motifs is 1. The van der Waals surface area contributed by atoms with E-state index in [4.69, 9.17) is 0 Å². The second-order valence-corrected chi connectivity index (χ2v) is 4.85. The lowest BCUT2D eigenvalue weighted by Gasteiger charge is -2.07. The summed E-state index contributed by atoms with van der Waals surface area (Å²) in [6.07, 6.45) is 1.90. The Morgan fingerprint density at radius 2 is 2.22 bits per heavy atom. The Kier molecular flexibility index (Phi) is 3.65. The molecule has 0 bridgehead atoms. The molecule has 0 radical (unpaired) electrons. The monoisotopic (exact) mass is 248 g/mol. The number of aromatic nitrogens is 1.